The number of amides is 4. The fourth-order valence-electron chi connectivity index (χ4n) is 4.84. The maximum Gasteiger partial charge on any atom is 0.325 e. The summed E-state index contributed by atoms with van der Waals surface area (Å²) >= 11 is 1.56. The molecule has 4 rings (SSSR count). The molecule has 0 bridgehead atoms. The number of benzene rings is 1. The molecule has 0 aliphatic carbocycles. The Morgan fingerprint density at radius 3 is 2.70 bits per heavy atom. The average Bonchev–Trinajstić information content (AvgIpc) is 3.39. The molecule has 1 unspecified atom stereocenters. The number of methoxy groups -OCH3 is 1. The second-order valence-corrected chi connectivity index (χ2v) is 9.60. The zero-order valence-electron chi connectivity index (χ0n) is 18.6. The molecule has 2 saturated heterocycles. The van der Waals surface area contributed by atoms with E-state index in [1.807, 2.05) is 22.4 Å². The van der Waals surface area contributed by atoms with E-state index >= 15 is 0 Å². The number of imide groups is 1. The van der Waals surface area contributed by atoms with Gasteiger partial charge in [0.25, 0.3) is 5.91 Å². The van der Waals surface area contributed by atoms with Gasteiger partial charge in [0.15, 0.2) is 0 Å². The predicted octanol–water partition coefficient (Wildman–Crippen LogP) is 2.85. The molecule has 2 fully saturated rings. The fourth-order valence-corrected chi connectivity index (χ4v) is 5.53. The first-order chi connectivity index (χ1) is 15.9. The number of carbonyl (C=O) groups is 3. The van der Waals surface area contributed by atoms with Crippen molar-refractivity contribution in [1.29, 1.82) is 0 Å². The molecule has 1 atom stereocenters. The van der Waals surface area contributed by atoms with Gasteiger partial charge in [0.05, 0.1) is 19.6 Å². The van der Waals surface area contributed by atoms with Gasteiger partial charge in [0.2, 0.25) is 5.91 Å². The molecule has 9 heteroatoms. The van der Waals surface area contributed by atoms with Crippen molar-refractivity contribution in [1.82, 2.24) is 15.1 Å². The van der Waals surface area contributed by atoms with Crippen LogP contribution in [0.5, 0.6) is 0 Å². The smallest absolute Gasteiger partial charge is 0.325 e. The first kappa shape index (κ1) is 23.4. The molecule has 3 heterocycles. The van der Waals surface area contributed by atoms with Crippen LogP contribution in [0.4, 0.5) is 9.18 Å². The van der Waals surface area contributed by atoms with E-state index in [1.54, 1.807) is 23.5 Å². The summed E-state index contributed by atoms with van der Waals surface area (Å²) in [7, 11) is 1.52. The molecule has 4 amide bonds. The lowest BCUT2D eigenvalue weighted by atomic mass is 9.74. The Morgan fingerprint density at radius 1 is 1.24 bits per heavy atom. The van der Waals surface area contributed by atoms with E-state index in [2.05, 4.69) is 5.32 Å². The van der Waals surface area contributed by atoms with E-state index in [0.717, 1.165) is 4.88 Å². The number of halogens is 1. The first-order valence-corrected chi connectivity index (χ1v) is 12.0. The van der Waals surface area contributed by atoms with Gasteiger partial charge in [-0.2, -0.15) is 0 Å². The number of hydrogen-bond acceptors (Lipinski definition) is 5. The fraction of sp³-hybridized carbons (Fsp3) is 0.458. The Bertz CT molecular complexity index is 1010. The summed E-state index contributed by atoms with van der Waals surface area (Å²) in [6.45, 7) is 1.43. The average molecular weight is 474 g/mol. The van der Waals surface area contributed by atoms with Gasteiger partial charge in [0.1, 0.15) is 11.4 Å². The highest BCUT2D eigenvalue weighted by atomic mass is 32.1. The topological polar surface area (TPSA) is 79.0 Å². The Hall–Kier alpha value is -2.78. The summed E-state index contributed by atoms with van der Waals surface area (Å²) < 4.78 is 18.9. The zero-order valence-corrected chi connectivity index (χ0v) is 19.4. The molecular weight excluding hydrogens is 445 g/mol. The molecular formula is C24H28FN3O4S. The van der Waals surface area contributed by atoms with Crippen molar-refractivity contribution in [2.75, 3.05) is 33.4 Å². The monoisotopic (exact) mass is 473 g/mol. The SMILES string of the molecule is COCCN1C(=O)NC(Cc2cccc(F)c2)(C2CCN(C(=O)Cc3cccs3)CC2)C1=O. The Balaban J connectivity index is 1.52. The minimum absolute atomic E-state index is 0.0681. The zero-order chi connectivity index (χ0) is 23.4. The molecule has 0 saturated carbocycles. The molecule has 1 aromatic heterocycles. The quantitative estimate of drug-likeness (QED) is 0.598. The number of nitrogens with one attached hydrogen (secondary N) is 1. The minimum atomic E-state index is -1.17. The van der Waals surface area contributed by atoms with Crippen LogP contribution in [-0.4, -0.2) is 66.5 Å². The van der Waals surface area contributed by atoms with E-state index in [9.17, 15) is 18.8 Å². The van der Waals surface area contributed by atoms with Crippen molar-refractivity contribution in [2.45, 2.75) is 31.2 Å². The molecule has 1 N–H and O–H groups in total. The third-order valence-electron chi connectivity index (χ3n) is 6.54. The van der Waals surface area contributed by atoms with Crippen LogP contribution in [0.15, 0.2) is 41.8 Å². The van der Waals surface area contributed by atoms with Gasteiger partial charge in [-0.25, -0.2) is 9.18 Å². The lowest BCUT2D eigenvalue weighted by molar-refractivity contribution is -0.136. The summed E-state index contributed by atoms with van der Waals surface area (Å²) in [5.41, 5.74) is -0.518. The summed E-state index contributed by atoms with van der Waals surface area (Å²) in [6.07, 6.45) is 1.73. The molecule has 0 radical (unpaired) electrons. The highest BCUT2D eigenvalue weighted by molar-refractivity contribution is 7.10. The van der Waals surface area contributed by atoms with Crippen LogP contribution in [-0.2, 0) is 27.2 Å². The van der Waals surface area contributed by atoms with Crippen LogP contribution >= 0.6 is 11.3 Å². The molecule has 7 nitrogen and oxygen atoms in total. The number of thiophene rings is 1. The Morgan fingerprint density at radius 2 is 2.03 bits per heavy atom. The highest BCUT2D eigenvalue weighted by Gasteiger charge is 2.55. The number of likely N-dealkylation sites (tertiary alicyclic amines) is 1. The third kappa shape index (κ3) is 4.94. The number of piperidine rings is 1. The van der Waals surface area contributed by atoms with Gasteiger partial charge >= 0.3 is 6.03 Å². The van der Waals surface area contributed by atoms with Gasteiger partial charge in [-0.05, 0) is 47.9 Å². The van der Waals surface area contributed by atoms with Crippen molar-refractivity contribution in [3.05, 3.63) is 58.0 Å². The number of nitrogens with zero attached hydrogens (tertiary/aromatic N) is 2. The summed E-state index contributed by atoms with van der Waals surface area (Å²) in [5, 5.41) is 4.91. The molecule has 33 heavy (non-hydrogen) atoms. The molecule has 2 aliphatic rings. The largest absolute Gasteiger partial charge is 0.383 e. The van der Waals surface area contributed by atoms with E-state index in [1.165, 1.54) is 24.1 Å². The lowest BCUT2D eigenvalue weighted by Crippen LogP contribution is -2.58. The number of rotatable bonds is 8. The Labute approximate surface area is 196 Å². The van der Waals surface area contributed by atoms with Crippen LogP contribution in [0.2, 0.25) is 0 Å². The van der Waals surface area contributed by atoms with Crippen molar-refractivity contribution in [2.24, 2.45) is 5.92 Å². The van der Waals surface area contributed by atoms with Gasteiger partial charge in [-0.3, -0.25) is 14.5 Å². The molecule has 2 aromatic rings. The molecule has 176 valence electrons. The van der Waals surface area contributed by atoms with Crippen molar-refractivity contribution >= 4 is 29.2 Å². The Kier molecular flexibility index (Phi) is 7.09. The van der Waals surface area contributed by atoms with Crippen LogP contribution < -0.4 is 5.32 Å². The van der Waals surface area contributed by atoms with Gasteiger partial charge in [-0.15, -0.1) is 11.3 Å². The maximum absolute atomic E-state index is 13.9. The molecule has 0 spiro atoms. The predicted molar refractivity (Wildman–Crippen MR) is 122 cm³/mol. The van der Waals surface area contributed by atoms with Crippen LogP contribution in [0.3, 0.4) is 0 Å². The van der Waals surface area contributed by atoms with Crippen LogP contribution in [0, 0.1) is 11.7 Å². The summed E-state index contributed by atoms with van der Waals surface area (Å²) in [5.74, 6) is -0.795. The van der Waals surface area contributed by atoms with Crippen LogP contribution in [0.25, 0.3) is 0 Å². The number of hydrogen-bond donors (Lipinski definition) is 1. The van der Waals surface area contributed by atoms with E-state index in [0.29, 0.717) is 37.9 Å². The van der Waals surface area contributed by atoms with Gasteiger partial charge < -0.3 is 15.0 Å². The van der Waals surface area contributed by atoms with Crippen molar-refractivity contribution in [3.8, 4) is 0 Å². The van der Waals surface area contributed by atoms with Gasteiger partial charge in [0, 0.05) is 31.5 Å². The van der Waals surface area contributed by atoms with Crippen molar-refractivity contribution < 1.29 is 23.5 Å². The van der Waals surface area contributed by atoms with Crippen molar-refractivity contribution in [3.63, 3.8) is 0 Å². The minimum Gasteiger partial charge on any atom is -0.383 e. The van der Waals surface area contributed by atoms with E-state index in [4.69, 9.17) is 4.74 Å². The molecule has 1 aromatic carbocycles. The summed E-state index contributed by atoms with van der Waals surface area (Å²) in [4.78, 5) is 43.1. The standard InChI is InChI=1S/C24H28FN3O4S/c1-32-12-11-28-22(30)24(26-23(28)31,16-17-4-2-5-19(25)14-17)18-7-9-27(10-8-18)21(29)15-20-6-3-13-33-20/h2-6,13-14,18H,7-12,15-16H2,1H3,(H,26,31). The van der Waals surface area contributed by atoms with Crippen LogP contribution in [0.1, 0.15) is 23.3 Å². The number of urea groups is 1. The van der Waals surface area contributed by atoms with Gasteiger partial charge in [-0.1, -0.05) is 18.2 Å². The number of carbonyl (C=O) groups excluding carboxylic acids is 3. The van der Waals surface area contributed by atoms with E-state index in [-0.39, 0.29) is 43.1 Å². The second-order valence-electron chi connectivity index (χ2n) is 8.57. The maximum atomic E-state index is 13.9. The highest BCUT2D eigenvalue weighted by Crippen LogP contribution is 2.36. The number of ether oxygens (including phenoxy) is 1. The first-order valence-electron chi connectivity index (χ1n) is 11.1. The molecule has 2 aliphatic heterocycles. The van der Waals surface area contributed by atoms with E-state index < -0.39 is 11.6 Å². The second kappa shape index (κ2) is 10.0. The lowest BCUT2D eigenvalue weighted by Gasteiger charge is -2.41. The summed E-state index contributed by atoms with van der Waals surface area (Å²) in [6, 6.07) is 9.55. The normalized spacial score (nSPS) is 21.5. The third-order valence-corrected chi connectivity index (χ3v) is 7.42.